The van der Waals surface area contributed by atoms with Gasteiger partial charge in [-0.25, -0.2) is 0 Å². The molecule has 0 atom stereocenters. The van der Waals surface area contributed by atoms with Gasteiger partial charge in [-0.1, -0.05) is 0 Å². The van der Waals surface area contributed by atoms with E-state index in [-0.39, 0.29) is 85.7 Å². The smallest absolute Gasteiger partial charge is 0 e. The van der Waals surface area contributed by atoms with E-state index in [0.717, 1.165) is 0 Å². The fourth-order valence-electron chi connectivity index (χ4n) is 0. The second-order valence-electron chi connectivity index (χ2n) is 0.600. The molecule has 4 N–H and O–H groups in total. The first kappa shape index (κ1) is 22.4. The molecule has 0 aromatic rings. The Hall–Kier alpha value is 2.78. The first-order chi connectivity index (χ1) is 2.00. The molecule has 44 valence electrons. The predicted molar refractivity (Wildman–Crippen MR) is 33.1 cm³/mol. The molecule has 0 spiro atoms. The largest absolute Gasteiger partial charge is 0 e. The van der Waals surface area contributed by atoms with Crippen LogP contribution in [0, 0.1) is 0 Å². The van der Waals surface area contributed by atoms with Gasteiger partial charge in [0.25, 0.3) is 0 Å². The van der Waals surface area contributed by atoms with Crippen molar-refractivity contribution in [1.29, 1.82) is 0 Å². The minimum Gasteiger partial charge on any atom is 0 e. The molecule has 0 bridgehead atoms. The summed E-state index contributed by atoms with van der Waals surface area (Å²) in [5, 5.41) is 0. The van der Waals surface area contributed by atoms with Crippen LogP contribution in [-0.4, -0.2) is 94.5 Å². The van der Waals surface area contributed by atoms with E-state index in [2.05, 4.69) is 0 Å². The summed E-state index contributed by atoms with van der Waals surface area (Å²) in [5.74, 6) is 0. The Morgan fingerprint density at radius 1 is 0.875 bits per heavy atom. The van der Waals surface area contributed by atoms with Crippen molar-refractivity contribution in [3.05, 3.63) is 0 Å². The minimum absolute atomic E-state index is 0. The van der Waals surface area contributed by atoms with Gasteiger partial charge in [-0.2, -0.15) is 0 Å². The Balaban J connectivity index is -0.0000000267. The monoisotopic (exact) mass is 330 g/mol. The maximum Gasteiger partial charge on any atom is 0 e. The van der Waals surface area contributed by atoms with Crippen molar-refractivity contribution in [3.8, 4) is 0 Å². The van der Waals surface area contributed by atoms with Gasteiger partial charge in [-0.15, -0.1) is 0 Å². The van der Waals surface area contributed by atoms with Crippen LogP contribution in [0.3, 0.4) is 0 Å². The summed E-state index contributed by atoms with van der Waals surface area (Å²) < 4.78 is 0. The Morgan fingerprint density at radius 2 is 0.875 bits per heavy atom. The van der Waals surface area contributed by atoms with Crippen molar-refractivity contribution in [3.63, 3.8) is 0 Å². The predicted octanol–water partition coefficient (Wildman–Crippen LogP) is -4.71. The molecule has 0 rings (SSSR count). The molecule has 0 aromatic heterocycles. The standard InChI is InChI=1S/Al.Ba.H4O4Si.Zn.5H/c;;1-5(2,3)4;;;;;;/h;;1-4H;;;;;;. The van der Waals surface area contributed by atoms with Gasteiger partial charge in [0.15, 0.2) is 17.4 Å². The summed E-state index contributed by atoms with van der Waals surface area (Å²) in [5.41, 5.74) is 0. The Labute approximate surface area is 112 Å². The SMILES string of the molecule is O[Si](O)(O)O.[AlH3].[BaH2].[Zn]. The van der Waals surface area contributed by atoms with Crippen LogP contribution in [-0.2, 0) is 19.5 Å². The molecular weight excluding hydrogens is 322 g/mol. The van der Waals surface area contributed by atoms with Crippen LogP contribution in [0.4, 0.5) is 0 Å². The molecule has 0 aliphatic rings. The number of hydrogen-bond donors (Lipinski definition) is 4. The van der Waals surface area contributed by atoms with E-state index in [9.17, 15) is 0 Å². The summed E-state index contributed by atoms with van der Waals surface area (Å²) in [7, 11) is -4.61. The molecule has 0 radical (unpaired) electrons. The summed E-state index contributed by atoms with van der Waals surface area (Å²) in [4.78, 5) is 29.3. The Kier molecular flexibility index (Phi) is 27.4. The van der Waals surface area contributed by atoms with E-state index in [1.54, 1.807) is 0 Å². The molecule has 0 fully saturated rings. The molecule has 0 aliphatic carbocycles. The van der Waals surface area contributed by atoms with E-state index in [1.165, 1.54) is 0 Å². The normalized spacial score (nSPS) is 7.50. The Bertz CT molecular complexity index is 31.5. The van der Waals surface area contributed by atoms with Crippen LogP contribution in [0.2, 0.25) is 0 Å². The molecule has 0 saturated carbocycles. The fraction of sp³-hybridized carbons (Fsp3) is 0. The Morgan fingerprint density at radius 3 is 0.875 bits per heavy atom. The van der Waals surface area contributed by atoms with Gasteiger partial charge in [-0.05, 0) is 0 Å². The van der Waals surface area contributed by atoms with E-state index >= 15 is 0 Å². The molecular formula is H9AlBaO4SiZn. The number of rotatable bonds is 0. The third-order valence-corrected chi connectivity index (χ3v) is 0. The maximum atomic E-state index is 7.33. The van der Waals surface area contributed by atoms with E-state index < -0.39 is 9.05 Å². The van der Waals surface area contributed by atoms with Crippen molar-refractivity contribution in [2.24, 2.45) is 0 Å². The first-order valence-electron chi connectivity index (χ1n) is 0.894. The van der Waals surface area contributed by atoms with Gasteiger partial charge >= 0.3 is 57.9 Å². The van der Waals surface area contributed by atoms with Crippen molar-refractivity contribution in [1.82, 2.24) is 0 Å². The third-order valence-electron chi connectivity index (χ3n) is 0. The molecule has 0 aliphatic heterocycles. The van der Waals surface area contributed by atoms with Gasteiger partial charge in [0.05, 0.1) is 0 Å². The van der Waals surface area contributed by atoms with Crippen LogP contribution in [0.15, 0.2) is 0 Å². The van der Waals surface area contributed by atoms with E-state index in [1.807, 2.05) is 0 Å². The minimum atomic E-state index is -4.61. The molecule has 4 nitrogen and oxygen atoms in total. The second kappa shape index (κ2) is 9.78. The van der Waals surface area contributed by atoms with Crippen LogP contribution in [0.1, 0.15) is 0 Å². The van der Waals surface area contributed by atoms with Crippen molar-refractivity contribution >= 4 is 75.3 Å². The second-order valence-corrected chi connectivity index (χ2v) is 1.80. The summed E-state index contributed by atoms with van der Waals surface area (Å²) in [6, 6.07) is 0. The molecule has 0 saturated heterocycles. The van der Waals surface area contributed by atoms with Crippen LogP contribution < -0.4 is 0 Å². The van der Waals surface area contributed by atoms with Gasteiger partial charge in [0.1, 0.15) is 0 Å². The molecule has 0 heterocycles. The molecule has 8 heavy (non-hydrogen) atoms. The molecule has 8 heteroatoms. The quantitative estimate of drug-likeness (QED) is 0.337. The van der Waals surface area contributed by atoms with Crippen molar-refractivity contribution in [2.45, 2.75) is 0 Å². The average molecular weight is 331 g/mol. The van der Waals surface area contributed by atoms with Gasteiger partial charge in [0.2, 0.25) is 0 Å². The van der Waals surface area contributed by atoms with Crippen molar-refractivity contribution in [2.75, 3.05) is 0 Å². The summed E-state index contributed by atoms with van der Waals surface area (Å²) in [6.45, 7) is 0. The van der Waals surface area contributed by atoms with Crippen LogP contribution in [0.5, 0.6) is 0 Å². The maximum absolute atomic E-state index is 7.33. The van der Waals surface area contributed by atoms with Crippen LogP contribution in [0.25, 0.3) is 0 Å². The van der Waals surface area contributed by atoms with Gasteiger partial charge in [0, 0.05) is 19.5 Å². The molecule has 0 amide bonds. The number of hydrogen-bond acceptors (Lipinski definition) is 4. The van der Waals surface area contributed by atoms with E-state index in [4.69, 9.17) is 19.2 Å². The molecule has 0 aromatic carbocycles. The zero-order chi connectivity index (χ0) is 4.50. The molecule has 0 unspecified atom stereocenters. The van der Waals surface area contributed by atoms with E-state index in [0.29, 0.717) is 0 Å². The van der Waals surface area contributed by atoms with Gasteiger partial charge in [-0.3, -0.25) is 0 Å². The third kappa shape index (κ3) is 68.7. The van der Waals surface area contributed by atoms with Crippen LogP contribution >= 0.6 is 0 Å². The fourth-order valence-corrected chi connectivity index (χ4v) is 0. The summed E-state index contributed by atoms with van der Waals surface area (Å²) >= 11 is 0. The summed E-state index contributed by atoms with van der Waals surface area (Å²) in [6.07, 6.45) is 0. The average Bonchev–Trinajstić information content (AvgIpc) is 0.722. The van der Waals surface area contributed by atoms with Crippen molar-refractivity contribution < 1.29 is 38.7 Å². The van der Waals surface area contributed by atoms with Gasteiger partial charge < -0.3 is 19.2 Å². The first-order valence-corrected chi connectivity index (χ1v) is 2.68. The zero-order valence-corrected chi connectivity index (χ0v) is 6.96. The zero-order valence-electron chi connectivity index (χ0n) is 3.00. The topological polar surface area (TPSA) is 80.9 Å².